The fourth-order valence-electron chi connectivity index (χ4n) is 3.88. The van der Waals surface area contributed by atoms with Crippen molar-refractivity contribution in [1.29, 1.82) is 0 Å². The highest BCUT2D eigenvalue weighted by Crippen LogP contribution is 2.46. The topological polar surface area (TPSA) is 61.9 Å². The molecule has 5 nitrogen and oxygen atoms in total. The number of benzene rings is 2. The SMILES string of the molecule is Cc1ncc(-c2cc(F)c(C3C(C)C(=O)N3c3ccc4nc[nH]c4c3)c(F)c2)s1. The molecule has 29 heavy (non-hydrogen) atoms. The molecule has 2 atom stereocenters. The maximum absolute atomic E-state index is 15.1. The Morgan fingerprint density at radius 2 is 1.90 bits per heavy atom. The van der Waals surface area contributed by atoms with Gasteiger partial charge in [0.25, 0.3) is 0 Å². The second-order valence-electron chi connectivity index (χ2n) is 7.14. The first kappa shape index (κ1) is 17.9. The number of thiazole rings is 1. The molecule has 1 amide bonds. The minimum atomic E-state index is -0.708. The van der Waals surface area contributed by atoms with E-state index in [2.05, 4.69) is 15.0 Å². The van der Waals surface area contributed by atoms with Crippen LogP contribution in [0.2, 0.25) is 0 Å². The summed E-state index contributed by atoms with van der Waals surface area (Å²) in [7, 11) is 0. The first-order valence-electron chi connectivity index (χ1n) is 9.12. The van der Waals surface area contributed by atoms with Crippen molar-refractivity contribution in [2.45, 2.75) is 19.9 Å². The number of fused-ring (bicyclic) bond motifs is 1. The Morgan fingerprint density at radius 3 is 2.59 bits per heavy atom. The number of H-pyrrole nitrogens is 1. The van der Waals surface area contributed by atoms with Crippen LogP contribution in [0.5, 0.6) is 0 Å². The molecule has 0 bridgehead atoms. The van der Waals surface area contributed by atoms with Gasteiger partial charge < -0.3 is 9.88 Å². The lowest BCUT2D eigenvalue weighted by Crippen LogP contribution is -2.54. The first-order chi connectivity index (χ1) is 13.9. The van der Waals surface area contributed by atoms with Crippen molar-refractivity contribution in [2.24, 2.45) is 5.92 Å². The van der Waals surface area contributed by atoms with Gasteiger partial charge in [0.2, 0.25) is 5.91 Å². The van der Waals surface area contributed by atoms with E-state index in [0.717, 1.165) is 16.0 Å². The van der Waals surface area contributed by atoms with Crippen molar-refractivity contribution in [3.63, 3.8) is 0 Å². The highest BCUT2D eigenvalue weighted by Gasteiger charge is 2.48. The van der Waals surface area contributed by atoms with Gasteiger partial charge in [-0.3, -0.25) is 4.79 Å². The summed E-state index contributed by atoms with van der Waals surface area (Å²) >= 11 is 1.37. The van der Waals surface area contributed by atoms with E-state index in [1.165, 1.54) is 28.4 Å². The quantitative estimate of drug-likeness (QED) is 0.484. The van der Waals surface area contributed by atoms with Crippen molar-refractivity contribution < 1.29 is 13.6 Å². The molecule has 1 N–H and O–H groups in total. The van der Waals surface area contributed by atoms with Crippen LogP contribution in [-0.4, -0.2) is 20.9 Å². The molecule has 146 valence electrons. The number of hydrogen-bond donors (Lipinski definition) is 1. The third kappa shape index (κ3) is 2.74. The Hall–Kier alpha value is -3.13. The van der Waals surface area contributed by atoms with Gasteiger partial charge in [0.15, 0.2) is 0 Å². The van der Waals surface area contributed by atoms with Crippen LogP contribution < -0.4 is 4.90 Å². The fraction of sp³-hybridized carbons (Fsp3) is 0.190. The van der Waals surface area contributed by atoms with Gasteiger partial charge >= 0.3 is 0 Å². The number of anilines is 1. The standard InChI is InChI=1S/C21H16F2N4OS/c1-10-20(27(21(10)28)13-3-4-16-17(7-13)26-9-25-16)19-14(22)5-12(6-15(19)23)18-8-24-11(2)29-18/h3-10,20H,1-2H3,(H,25,26). The van der Waals surface area contributed by atoms with Gasteiger partial charge in [-0.1, -0.05) is 6.92 Å². The predicted molar refractivity (Wildman–Crippen MR) is 108 cm³/mol. The monoisotopic (exact) mass is 410 g/mol. The number of β-lactam (4-membered cyclic amide) rings is 1. The number of hydrogen-bond acceptors (Lipinski definition) is 4. The van der Waals surface area contributed by atoms with Gasteiger partial charge in [-0.25, -0.2) is 18.7 Å². The van der Waals surface area contributed by atoms with Gasteiger partial charge in [-0.05, 0) is 42.8 Å². The third-order valence-electron chi connectivity index (χ3n) is 5.34. The molecule has 0 saturated carbocycles. The highest BCUT2D eigenvalue weighted by atomic mass is 32.1. The molecule has 2 aromatic carbocycles. The molecular weight excluding hydrogens is 394 g/mol. The number of imidazole rings is 1. The third-order valence-corrected chi connectivity index (χ3v) is 6.30. The van der Waals surface area contributed by atoms with E-state index in [1.807, 2.05) is 6.92 Å². The number of nitrogens with one attached hydrogen (secondary N) is 1. The number of nitrogens with zero attached hydrogens (tertiary/aromatic N) is 3. The number of halogens is 2. The van der Waals surface area contributed by atoms with Crippen molar-refractivity contribution >= 4 is 34.0 Å². The number of carbonyl (C=O) groups is 1. The number of aromatic amines is 1. The molecule has 1 aliphatic heterocycles. The molecule has 1 aliphatic rings. The zero-order chi connectivity index (χ0) is 20.3. The predicted octanol–water partition coefficient (Wildman–Crippen LogP) is 5.00. The molecule has 2 unspecified atom stereocenters. The number of amides is 1. The molecule has 4 aromatic rings. The summed E-state index contributed by atoms with van der Waals surface area (Å²) in [5.41, 5.74) is 2.44. The number of rotatable bonds is 3. The molecular formula is C21H16F2N4OS. The molecule has 0 radical (unpaired) electrons. The normalized spacial score (nSPS) is 19.0. The molecule has 3 heterocycles. The van der Waals surface area contributed by atoms with E-state index < -0.39 is 23.6 Å². The van der Waals surface area contributed by atoms with Crippen LogP contribution in [0.3, 0.4) is 0 Å². The van der Waals surface area contributed by atoms with Gasteiger partial charge in [0.1, 0.15) is 11.6 Å². The zero-order valence-electron chi connectivity index (χ0n) is 15.6. The lowest BCUT2D eigenvalue weighted by atomic mass is 9.82. The Kier molecular flexibility index (Phi) is 3.99. The van der Waals surface area contributed by atoms with Gasteiger partial charge in [-0.15, -0.1) is 11.3 Å². The molecule has 5 rings (SSSR count). The van der Waals surface area contributed by atoms with Crippen molar-refractivity contribution in [2.75, 3.05) is 4.90 Å². The van der Waals surface area contributed by atoms with Crippen LogP contribution in [0.4, 0.5) is 14.5 Å². The van der Waals surface area contributed by atoms with E-state index in [4.69, 9.17) is 0 Å². The largest absolute Gasteiger partial charge is 0.345 e. The van der Waals surface area contributed by atoms with E-state index in [-0.39, 0.29) is 11.5 Å². The Balaban J connectivity index is 1.57. The number of aryl methyl sites for hydroxylation is 1. The summed E-state index contributed by atoms with van der Waals surface area (Å²) in [5, 5.41) is 0.823. The van der Waals surface area contributed by atoms with Crippen molar-refractivity contribution in [1.82, 2.24) is 15.0 Å². The van der Waals surface area contributed by atoms with E-state index in [9.17, 15) is 4.79 Å². The summed E-state index contributed by atoms with van der Waals surface area (Å²) in [4.78, 5) is 26.0. The van der Waals surface area contributed by atoms with Gasteiger partial charge in [-0.2, -0.15) is 0 Å². The fourth-order valence-corrected chi connectivity index (χ4v) is 4.64. The van der Waals surface area contributed by atoms with Gasteiger partial charge in [0, 0.05) is 17.4 Å². The maximum Gasteiger partial charge on any atom is 0.232 e. The molecule has 1 fully saturated rings. The lowest BCUT2D eigenvalue weighted by molar-refractivity contribution is -0.129. The van der Waals surface area contributed by atoms with Crippen LogP contribution in [0.15, 0.2) is 42.9 Å². The zero-order valence-corrected chi connectivity index (χ0v) is 16.4. The maximum atomic E-state index is 15.1. The summed E-state index contributed by atoms with van der Waals surface area (Å²) in [5.74, 6) is -2.02. The van der Waals surface area contributed by atoms with Crippen LogP contribution >= 0.6 is 11.3 Å². The van der Waals surface area contributed by atoms with Gasteiger partial charge in [0.05, 0.1) is 39.2 Å². The van der Waals surface area contributed by atoms with Crippen LogP contribution in [0.1, 0.15) is 23.5 Å². The Labute approximate surface area is 169 Å². The summed E-state index contributed by atoms with van der Waals surface area (Å²) in [6.45, 7) is 3.53. The minimum Gasteiger partial charge on any atom is -0.345 e. The first-order valence-corrected chi connectivity index (χ1v) is 9.93. The molecule has 0 aliphatic carbocycles. The second-order valence-corrected chi connectivity index (χ2v) is 8.38. The van der Waals surface area contributed by atoms with E-state index in [1.54, 1.807) is 37.6 Å². The summed E-state index contributed by atoms with van der Waals surface area (Å²) in [6, 6.07) is 7.21. The molecule has 1 saturated heterocycles. The summed E-state index contributed by atoms with van der Waals surface area (Å²) < 4.78 is 30.1. The molecule has 8 heteroatoms. The van der Waals surface area contributed by atoms with Crippen LogP contribution in [0.25, 0.3) is 21.5 Å². The molecule has 2 aromatic heterocycles. The van der Waals surface area contributed by atoms with Crippen LogP contribution in [-0.2, 0) is 4.79 Å². The lowest BCUT2D eigenvalue weighted by Gasteiger charge is -2.46. The van der Waals surface area contributed by atoms with Crippen molar-refractivity contribution in [3.05, 3.63) is 65.1 Å². The highest BCUT2D eigenvalue weighted by molar-refractivity contribution is 7.15. The van der Waals surface area contributed by atoms with Crippen molar-refractivity contribution in [3.8, 4) is 10.4 Å². The second kappa shape index (κ2) is 6.45. The van der Waals surface area contributed by atoms with E-state index >= 15 is 8.78 Å². The van der Waals surface area contributed by atoms with E-state index in [0.29, 0.717) is 16.1 Å². The summed E-state index contributed by atoms with van der Waals surface area (Å²) in [6.07, 6.45) is 3.17. The number of carbonyl (C=O) groups excluding carboxylic acids is 1. The Morgan fingerprint density at radius 1 is 1.14 bits per heavy atom. The smallest absolute Gasteiger partial charge is 0.232 e. The molecule has 0 spiro atoms. The minimum absolute atomic E-state index is 0.0909. The average molecular weight is 410 g/mol. The average Bonchev–Trinajstić information content (AvgIpc) is 3.34. The number of aromatic nitrogens is 3. The Bertz CT molecular complexity index is 1240. The van der Waals surface area contributed by atoms with Crippen LogP contribution in [0, 0.1) is 24.5 Å².